The van der Waals surface area contributed by atoms with E-state index in [1.54, 1.807) is 0 Å². The van der Waals surface area contributed by atoms with Crippen LogP contribution in [-0.2, 0) is 9.53 Å². The van der Waals surface area contributed by atoms with Crippen molar-refractivity contribution in [3.05, 3.63) is 5.38 Å². The second-order valence-corrected chi connectivity index (χ2v) is 1.59. The topological polar surface area (TPSA) is 26.3 Å². The van der Waals surface area contributed by atoms with Crippen molar-refractivity contribution in [3.8, 4) is 0 Å². The van der Waals surface area contributed by atoms with Gasteiger partial charge >= 0.3 is 5.97 Å². The van der Waals surface area contributed by atoms with Gasteiger partial charge in [0.1, 0.15) is 0 Å². The quantitative estimate of drug-likeness (QED) is 0.483. The molecule has 0 aromatic carbocycles. The fourth-order valence-corrected chi connectivity index (χ4v) is 0.218. The Morgan fingerprint density at radius 3 is 2.14 bits per heavy atom. The van der Waals surface area contributed by atoms with Crippen LogP contribution in [0.25, 0.3) is 0 Å². The van der Waals surface area contributed by atoms with Gasteiger partial charge in [0.15, 0.2) is 5.38 Å². The third kappa shape index (κ3) is 2.45. The SMILES string of the molecule is COC(=O)[C](C)Cl. The second-order valence-electron chi connectivity index (χ2n) is 1.03. The largest absolute Gasteiger partial charge is 0.468 e. The summed E-state index contributed by atoms with van der Waals surface area (Å²) >= 11 is 5.17. The molecular formula is C4H6ClO2. The predicted molar refractivity (Wildman–Crippen MR) is 26.8 cm³/mol. The molecule has 2 nitrogen and oxygen atoms in total. The highest BCUT2D eigenvalue weighted by molar-refractivity contribution is 6.37. The van der Waals surface area contributed by atoms with Crippen LogP contribution < -0.4 is 0 Å². The van der Waals surface area contributed by atoms with Crippen LogP contribution in [0.4, 0.5) is 0 Å². The zero-order valence-electron chi connectivity index (χ0n) is 4.19. The number of halogens is 1. The number of carbonyl (C=O) groups excluding carboxylic acids is 1. The van der Waals surface area contributed by atoms with Gasteiger partial charge in [-0.1, -0.05) is 0 Å². The number of carbonyl (C=O) groups is 1. The summed E-state index contributed by atoms with van der Waals surface area (Å²) in [5, 5.41) is 0.155. The molecule has 0 aliphatic rings. The molecule has 0 rings (SSSR count). The van der Waals surface area contributed by atoms with Crippen molar-refractivity contribution < 1.29 is 9.53 Å². The van der Waals surface area contributed by atoms with Crippen molar-refractivity contribution in [1.82, 2.24) is 0 Å². The zero-order chi connectivity index (χ0) is 5.86. The van der Waals surface area contributed by atoms with Crippen molar-refractivity contribution in [2.24, 2.45) is 0 Å². The van der Waals surface area contributed by atoms with Crippen LogP contribution in [0.1, 0.15) is 6.92 Å². The Bertz CT molecular complexity index is 70.1. The van der Waals surface area contributed by atoms with Gasteiger partial charge in [0.25, 0.3) is 0 Å². The fourth-order valence-electron chi connectivity index (χ4n) is 0.141. The smallest absolute Gasteiger partial charge is 0.329 e. The molecule has 0 unspecified atom stereocenters. The van der Waals surface area contributed by atoms with Crippen molar-refractivity contribution in [3.63, 3.8) is 0 Å². The molecule has 0 aliphatic carbocycles. The lowest BCUT2D eigenvalue weighted by molar-refractivity contribution is -0.137. The highest BCUT2D eigenvalue weighted by atomic mass is 35.5. The summed E-state index contributed by atoms with van der Waals surface area (Å²) < 4.78 is 4.20. The Balaban J connectivity index is 3.35. The minimum Gasteiger partial charge on any atom is -0.468 e. The van der Waals surface area contributed by atoms with Crippen LogP contribution in [0.2, 0.25) is 0 Å². The molecule has 0 aliphatic heterocycles. The maximum absolute atomic E-state index is 10.1. The van der Waals surface area contributed by atoms with Gasteiger partial charge in [-0.05, 0) is 6.92 Å². The van der Waals surface area contributed by atoms with Crippen LogP contribution in [0.5, 0.6) is 0 Å². The van der Waals surface area contributed by atoms with E-state index in [-0.39, 0.29) is 5.38 Å². The first-order chi connectivity index (χ1) is 3.18. The Morgan fingerprint density at radius 1 is 1.71 bits per heavy atom. The van der Waals surface area contributed by atoms with Crippen LogP contribution in [0, 0.1) is 5.38 Å². The normalized spacial score (nSPS) is 9.14. The van der Waals surface area contributed by atoms with E-state index in [1.165, 1.54) is 14.0 Å². The third-order valence-electron chi connectivity index (χ3n) is 0.467. The molecule has 0 saturated carbocycles. The molecule has 0 aromatic rings. The Labute approximate surface area is 47.4 Å². The second kappa shape index (κ2) is 2.86. The first kappa shape index (κ1) is 6.76. The van der Waals surface area contributed by atoms with E-state index in [1.807, 2.05) is 0 Å². The van der Waals surface area contributed by atoms with E-state index in [4.69, 9.17) is 11.6 Å². The van der Waals surface area contributed by atoms with Gasteiger partial charge in [0.05, 0.1) is 7.11 Å². The van der Waals surface area contributed by atoms with Gasteiger partial charge in [-0.15, -0.1) is 11.6 Å². The summed E-state index contributed by atoms with van der Waals surface area (Å²) in [6, 6.07) is 0. The molecular weight excluding hydrogens is 115 g/mol. The number of esters is 1. The van der Waals surface area contributed by atoms with E-state index in [0.717, 1.165) is 0 Å². The van der Waals surface area contributed by atoms with Gasteiger partial charge < -0.3 is 4.74 Å². The van der Waals surface area contributed by atoms with E-state index in [9.17, 15) is 4.79 Å². The molecule has 41 valence electrons. The third-order valence-corrected chi connectivity index (χ3v) is 0.621. The summed E-state index contributed by atoms with van der Waals surface area (Å²) in [6.45, 7) is 1.48. The van der Waals surface area contributed by atoms with Gasteiger partial charge in [0.2, 0.25) is 0 Å². The minimum absolute atomic E-state index is 0.155. The number of methoxy groups -OCH3 is 1. The molecule has 0 bridgehead atoms. The molecule has 0 spiro atoms. The molecule has 0 aromatic heterocycles. The monoisotopic (exact) mass is 121 g/mol. The Kier molecular flexibility index (Phi) is 2.76. The molecule has 0 fully saturated rings. The summed E-state index contributed by atoms with van der Waals surface area (Å²) in [5.74, 6) is -0.471. The van der Waals surface area contributed by atoms with Gasteiger partial charge in [-0.3, -0.25) is 4.79 Å². The molecule has 0 amide bonds. The molecule has 7 heavy (non-hydrogen) atoms. The standard InChI is InChI=1S/C4H6ClO2/c1-3(5)4(6)7-2/h1-2H3. The van der Waals surface area contributed by atoms with Gasteiger partial charge in [-0.2, -0.15) is 0 Å². The highest BCUT2D eigenvalue weighted by Gasteiger charge is 2.07. The maximum Gasteiger partial charge on any atom is 0.329 e. The Morgan fingerprint density at radius 2 is 2.14 bits per heavy atom. The van der Waals surface area contributed by atoms with Crippen LogP contribution in [-0.4, -0.2) is 13.1 Å². The Hall–Kier alpha value is -0.240. The molecule has 0 heterocycles. The minimum atomic E-state index is -0.471. The lowest BCUT2D eigenvalue weighted by atomic mass is 10.5. The number of hydrogen-bond acceptors (Lipinski definition) is 2. The van der Waals surface area contributed by atoms with Crippen molar-refractivity contribution in [2.75, 3.05) is 7.11 Å². The zero-order valence-corrected chi connectivity index (χ0v) is 4.95. The average molecular weight is 122 g/mol. The molecule has 1 radical (unpaired) electrons. The summed E-state index contributed by atoms with van der Waals surface area (Å²) in [5.41, 5.74) is 0. The van der Waals surface area contributed by atoms with E-state index < -0.39 is 5.97 Å². The van der Waals surface area contributed by atoms with E-state index in [0.29, 0.717) is 0 Å². The van der Waals surface area contributed by atoms with Crippen molar-refractivity contribution >= 4 is 17.6 Å². The summed E-state index contributed by atoms with van der Waals surface area (Å²) in [4.78, 5) is 10.1. The lowest BCUT2D eigenvalue weighted by Gasteiger charge is -1.94. The van der Waals surface area contributed by atoms with Crippen LogP contribution in [0.15, 0.2) is 0 Å². The predicted octanol–water partition coefficient (Wildman–Crippen LogP) is 0.950. The lowest BCUT2D eigenvalue weighted by Crippen LogP contribution is -2.03. The fraction of sp³-hybridized carbons (Fsp3) is 0.500. The van der Waals surface area contributed by atoms with Gasteiger partial charge in [0, 0.05) is 0 Å². The number of ether oxygens (including phenoxy) is 1. The molecule has 0 atom stereocenters. The van der Waals surface area contributed by atoms with Crippen LogP contribution in [0.3, 0.4) is 0 Å². The number of rotatable bonds is 1. The molecule has 3 heteroatoms. The first-order valence-corrected chi connectivity index (χ1v) is 2.13. The maximum atomic E-state index is 10.1. The van der Waals surface area contributed by atoms with Gasteiger partial charge in [-0.25, -0.2) is 0 Å². The molecule has 0 N–H and O–H groups in total. The summed E-state index contributed by atoms with van der Waals surface area (Å²) in [6.07, 6.45) is 0. The summed E-state index contributed by atoms with van der Waals surface area (Å²) in [7, 11) is 1.29. The van der Waals surface area contributed by atoms with E-state index in [2.05, 4.69) is 4.74 Å². The first-order valence-electron chi connectivity index (χ1n) is 1.76. The van der Waals surface area contributed by atoms with Crippen molar-refractivity contribution in [1.29, 1.82) is 0 Å². The molecule has 0 saturated heterocycles. The van der Waals surface area contributed by atoms with Crippen LogP contribution >= 0.6 is 11.6 Å². The highest BCUT2D eigenvalue weighted by Crippen LogP contribution is 2.04. The van der Waals surface area contributed by atoms with Crippen molar-refractivity contribution in [2.45, 2.75) is 6.92 Å². The number of hydrogen-bond donors (Lipinski definition) is 0. The average Bonchev–Trinajstić information content (AvgIpc) is 1.65. The van der Waals surface area contributed by atoms with E-state index >= 15 is 0 Å².